The van der Waals surface area contributed by atoms with Gasteiger partial charge in [-0.15, -0.1) is 0 Å². The summed E-state index contributed by atoms with van der Waals surface area (Å²) in [6.45, 7) is 0. The number of pyridine rings is 1. The lowest BCUT2D eigenvalue weighted by Gasteiger charge is -2.07. The van der Waals surface area contributed by atoms with Gasteiger partial charge >= 0.3 is 0 Å². The fraction of sp³-hybridized carbons (Fsp3) is 0.467. The van der Waals surface area contributed by atoms with Crippen LogP contribution < -0.4 is 0 Å². The fourth-order valence-corrected chi connectivity index (χ4v) is 2.63. The summed E-state index contributed by atoms with van der Waals surface area (Å²) in [5.74, 6) is 1.65. The Kier molecular flexibility index (Phi) is 3.73. The van der Waals surface area contributed by atoms with Gasteiger partial charge in [-0.2, -0.15) is 10.2 Å². The van der Waals surface area contributed by atoms with Crippen LogP contribution in [0.3, 0.4) is 0 Å². The summed E-state index contributed by atoms with van der Waals surface area (Å²) in [5, 5.41) is 12.9. The first-order valence-corrected chi connectivity index (χ1v) is 7.07. The van der Waals surface area contributed by atoms with Gasteiger partial charge in [-0.3, -0.25) is 0 Å². The molecule has 0 saturated heterocycles. The lowest BCUT2D eigenvalue weighted by molar-refractivity contribution is 0.409. The summed E-state index contributed by atoms with van der Waals surface area (Å²) >= 11 is 0. The molecule has 1 aliphatic rings. The zero-order valence-electron chi connectivity index (χ0n) is 11.2. The Morgan fingerprint density at radius 3 is 2.60 bits per heavy atom. The monoisotopic (exact) mass is 268 g/mol. The van der Waals surface area contributed by atoms with Crippen molar-refractivity contribution in [3.8, 4) is 17.7 Å². The summed E-state index contributed by atoms with van der Waals surface area (Å²) in [4.78, 5) is 8.66. The van der Waals surface area contributed by atoms with Gasteiger partial charge in [0.2, 0.25) is 0 Å². The minimum atomic E-state index is 0.411. The molecule has 2 heterocycles. The molecule has 2 aromatic rings. The molecular formula is C15H16N4O. The van der Waals surface area contributed by atoms with E-state index in [-0.39, 0.29) is 0 Å². The van der Waals surface area contributed by atoms with Crippen LogP contribution in [0.1, 0.15) is 55.8 Å². The average molecular weight is 268 g/mol. The van der Waals surface area contributed by atoms with Crippen molar-refractivity contribution in [1.82, 2.24) is 15.1 Å². The molecule has 0 radical (unpaired) electrons. The highest BCUT2D eigenvalue weighted by atomic mass is 16.5. The van der Waals surface area contributed by atoms with Gasteiger partial charge in [0.1, 0.15) is 11.8 Å². The topological polar surface area (TPSA) is 75.6 Å². The second kappa shape index (κ2) is 5.83. The van der Waals surface area contributed by atoms with Crippen molar-refractivity contribution in [3.63, 3.8) is 0 Å². The number of hydrogen-bond donors (Lipinski definition) is 0. The van der Waals surface area contributed by atoms with E-state index in [1.54, 1.807) is 12.1 Å². The maximum Gasteiger partial charge on any atom is 0.276 e. The fourth-order valence-electron chi connectivity index (χ4n) is 2.63. The largest absolute Gasteiger partial charge is 0.332 e. The van der Waals surface area contributed by atoms with Gasteiger partial charge in [0.05, 0.1) is 5.56 Å². The molecule has 0 atom stereocenters. The second-order valence-corrected chi connectivity index (χ2v) is 5.19. The standard InChI is InChI=1S/C15H16N4O/c16-9-11-7-8-13(17-10-11)15-18-14(19-20-15)12-5-3-1-2-4-6-12/h7-8,10,12H,1-6H2. The summed E-state index contributed by atoms with van der Waals surface area (Å²) < 4.78 is 5.31. The van der Waals surface area contributed by atoms with Crippen molar-refractivity contribution in [2.45, 2.75) is 44.4 Å². The van der Waals surface area contributed by atoms with Crippen molar-refractivity contribution in [2.75, 3.05) is 0 Å². The molecule has 0 amide bonds. The third-order valence-corrected chi connectivity index (χ3v) is 3.77. The summed E-state index contributed by atoms with van der Waals surface area (Å²) in [6.07, 6.45) is 8.88. The van der Waals surface area contributed by atoms with Crippen LogP contribution in [-0.4, -0.2) is 15.1 Å². The summed E-state index contributed by atoms with van der Waals surface area (Å²) in [5.41, 5.74) is 1.15. The molecule has 0 aromatic carbocycles. The van der Waals surface area contributed by atoms with Crippen molar-refractivity contribution < 1.29 is 4.52 Å². The van der Waals surface area contributed by atoms with Crippen molar-refractivity contribution >= 4 is 0 Å². The molecule has 0 N–H and O–H groups in total. The molecule has 0 aliphatic heterocycles. The molecule has 0 unspecified atom stereocenters. The smallest absolute Gasteiger partial charge is 0.276 e. The zero-order chi connectivity index (χ0) is 13.8. The van der Waals surface area contributed by atoms with Crippen LogP contribution in [0.2, 0.25) is 0 Å². The van der Waals surface area contributed by atoms with Crippen LogP contribution in [-0.2, 0) is 0 Å². The molecule has 1 fully saturated rings. The van der Waals surface area contributed by atoms with Gasteiger partial charge in [-0.1, -0.05) is 30.8 Å². The number of rotatable bonds is 2. The first-order valence-electron chi connectivity index (χ1n) is 7.07. The van der Waals surface area contributed by atoms with E-state index < -0.39 is 0 Å². The molecule has 20 heavy (non-hydrogen) atoms. The van der Waals surface area contributed by atoms with Gasteiger partial charge in [-0.05, 0) is 25.0 Å². The van der Waals surface area contributed by atoms with Crippen molar-refractivity contribution in [3.05, 3.63) is 29.7 Å². The first kappa shape index (κ1) is 12.8. The summed E-state index contributed by atoms with van der Waals surface area (Å²) in [6, 6.07) is 5.49. The quantitative estimate of drug-likeness (QED) is 0.780. The Bertz CT molecular complexity index is 604. The van der Waals surface area contributed by atoms with Gasteiger partial charge < -0.3 is 4.52 Å². The minimum absolute atomic E-state index is 0.411. The highest BCUT2D eigenvalue weighted by molar-refractivity contribution is 5.47. The minimum Gasteiger partial charge on any atom is -0.332 e. The Morgan fingerprint density at radius 1 is 1.15 bits per heavy atom. The molecule has 5 nitrogen and oxygen atoms in total. The molecule has 0 bridgehead atoms. The number of nitriles is 1. The number of nitrogens with zero attached hydrogens (tertiary/aromatic N) is 4. The maximum atomic E-state index is 8.76. The second-order valence-electron chi connectivity index (χ2n) is 5.19. The van der Waals surface area contributed by atoms with Crippen LogP contribution in [0.25, 0.3) is 11.6 Å². The normalized spacial score (nSPS) is 16.6. The van der Waals surface area contributed by atoms with Crippen LogP contribution in [0, 0.1) is 11.3 Å². The van der Waals surface area contributed by atoms with E-state index in [1.807, 2.05) is 6.07 Å². The molecule has 102 valence electrons. The van der Waals surface area contributed by atoms with Gasteiger partial charge in [0, 0.05) is 12.1 Å². The van der Waals surface area contributed by atoms with E-state index in [2.05, 4.69) is 15.1 Å². The highest BCUT2D eigenvalue weighted by Crippen LogP contribution is 2.30. The number of hydrogen-bond acceptors (Lipinski definition) is 5. The first-order chi connectivity index (χ1) is 9.86. The molecule has 2 aromatic heterocycles. The Balaban J connectivity index is 1.80. The van der Waals surface area contributed by atoms with Crippen LogP contribution >= 0.6 is 0 Å². The van der Waals surface area contributed by atoms with Crippen LogP contribution in [0.4, 0.5) is 0 Å². The lowest BCUT2D eigenvalue weighted by atomic mass is 10.00. The van der Waals surface area contributed by atoms with E-state index in [4.69, 9.17) is 9.78 Å². The Labute approximate surface area is 117 Å². The molecule has 1 saturated carbocycles. The van der Waals surface area contributed by atoms with E-state index >= 15 is 0 Å². The van der Waals surface area contributed by atoms with E-state index in [9.17, 15) is 0 Å². The van der Waals surface area contributed by atoms with Crippen molar-refractivity contribution in [1.29, 1.82) is 5.26 Å². The predicted octanol–water partition coefficient (Wildman–Crippen LogP) is 3.44. The van der Waals surface area contributed by atoms with E-state index in [1.165, 1.54) is 31.9 Å². The Hall–Kier alpha value is -2.22. The van der Waals surface area contributed by atoms with Gasteiger partial charge in [0.15, 0.2) is 5.82 Å². The maximum absolute atomic E-state index is 8.76. The average Bonchev–Trinajstić information content (AvgIpc) is 2.83. The summed E-state index contributed by atoms with van der Waals surface area (Å²) in [7, 11) is 0. The lowest BCUT2D eigenvalue weighted by Crippen LogP contribution is -1.99. The van der Waals surface area contributed by atoms with Gasteiger partial charge in [0.25, 0.3) is 5.89 Å². The van der Waals surface area contributed by atoms with Crippen LogP contribution in [0.15, 0.2) is 22.9 Å². The molecule has 3 rings (SSSR count). The molecular weight excluding hydrogens is 252 g/mol. The highest BCUT2D eigenvalue weighted by Gasteiger charge is 2.20. The SMILES string of the molecule is N#Cc1ccc(-c2nc(C3CCCCCC3)no2)nc1. The molecule has 5 heteroatoms. The predicted molar refractivity (Wildman–Crippen MR) is 72.7 cm³/mol. The van der Waals surface area contributed by atoms with E-state index in [0.717, 1.165) is 18.7 Å². The number of aromatic nitrogens is 3. The third kappa shape index (κ3) is 2.69. The Morgan fingerprint density at radius 2 is 1.95 bits per heavy atom. The zero-order valence-corrected chi connectivity index (χ0v) is 11.2. The van der Waals surface area contributed by atoms with Crippen molar-refractivity contribution in [2.24, 2.45) is 0 Å². The molecule has 0 spiro atoms. The van der Waals surface area contributed by atoms with E-state index in [0.29, 0.717) is 23.1 Å². The van der Waals surface area contributed by atoms with Crippen LogP contribution in [0.5, 0.6) is 0 Å². The third-order valence-electron chi connectivity index (χ3n) is 3.77. The molecule has 1 aliphatic carbocycles. The van der Waals surface area contributed by atoms with Gasteiger partial charge in [-0.25, -0.2) is 4.98 Å².